The third-order valence-corrected chi connectivity index (χ3v) is 4.05. The van der Waals surface area contributed by atoms with Gasteiger partial charge in [-0.2, -0.15) is 10.2 Å². The molecule has 0 saturated carbocycles. The highest BCUT2D eigenvalue weighted by Crippen LogP contribution is 2.14. The molecule has 1 heterocycles. The zero-order valence-electron chi connectivity index (χ0n) is 14.9. The van der Waals surface area contributed by atoms with E-state index in [2.05, 4.69) is 15.6 Å². The molecular weight excluding hydrogens is 328 g/mol. The first-order chi connectivity index (χ1) is 12.5. The minimum Gasteiger partial charge on any atom is -0.267 e. The third kappa shape index (κ3) is 3.39. The second-order valence-electron chi connectivity index (χ2n) is 6.24. The minimum absolute atomic E-state index is 0.159. The Kier molecular flexibility index (Phi) is 4.93. The van der Waals surface area contributed by atoms with E-state index < -0.39 is 5.91 Å². The first-order valence-corrected chi connectivity index (χ1v) is 8.40. The van der Waals surface area contributed by atoms with Gasteiger partial charge in [0.1, 0.15) is 0 Å². The predicted molar refractivity (Wildman–Crippen MR) is 103 cm³/mol. The highest BCUT2D eigenvalue weighted by atomic mass is 16.2. The van der Waals surface area contributed by atoms with Crippen molar-refractivity contribution in [2.75, 3.05) is 0 Å². The lowest BCUT2D eigenvalue weighted by molar-refractivity contribution is 0.0949. The van der Waals surface area contributed by atoms with Crippen LogP contribution < -0.4 is 11.0 Å². The summed E-state index contributed by atoms with van der Waals surface area (Å²) in [5.74, 6) is -0.453. The fraction of sp³-hybridized carbons (Fsp3) is 0.200. The van der Waals surface area contributed by atoms with Crippen molar-refractivity contribution in [3.8, 4) is 0 Å². The van der Waals surface area contributed by atoms with Crippen LogP contribution in [0.1, 0.15) is 42.9 Å². The molecule has 0 saturated heterocycles. The summed E-state index contributed by atoms with van der Waals surface area (Å²) >= 11 is 0. The van der Waals surface area contributed by atoms with Crippen LogP contribution in [0.15, 0.2) is 64.5 Å². The fourth-order valence-corrected chi connectivity index (χ4v) is 2.66. The Morgan fingerprint density at radius 3 is 2.31 bits per heavy atom. The molecule has 0 bridgehead atoms. The van der Waals surface area contributed by atoms with Crippen LogP contribution in [-0.2, 0) is 0 Å². The number of rotatable bonds is 4. The van der Waals surface area contributed by atoms with Crippen LogP contribution >= 0.6 is 0 Å². The van der Waals surface area contributed by atoms with Crippen LogP contribution in [0, 0.1) is 0 Å². The molecule has 2 aromatic carbocycles. The van der Waals surface area contributed by atoms with Crippen LogP contribution in [0.25, 0.3) is 10.8 Å². The maximum atomic E-state index is 12.7. The highest BCUT2D eigenvalue weighted by Gasteiger charge is 2.17. The SMILES string of the molecule is C/C(=N/NC(=O)c1nn(C(C)C)c(=O)c2ccccc12)c1ccccc1. The monoisotopic (exact) mass is 348 g/mol. The lowest BCUT2D eigenvalue weighted by Crippen LogP contribution is -2.30. The Bertz CT molecular complexity index is 1040. The molecule has 1 aromatic heterocycles. The Morgan fingerprint density at radius 2 is 1.65 bits per heavy atom. The molecule has 1 N–H and O–H groups in total. The van der Waals surface area contributed by atoms with Gasteiger partial charge in [0.25, 0.3) is 11.5 Å². The molecular formula is C20H20N4O2. The van der Waals surface area contributed by atoms with Gasteiger partial charge in [0.05, 0.1) is 17.1 Å². The number of hydrogen-bond acceptors (Lipinski definition) is 4. The quantitative estimate of drug-likeness (QED) is 0.581. The summed E-state index contributed by atoms with van der Waals surface area (Å²) in [7, 11) is 0. The molecule has 0 aliphatic heterocycles. The number of benzene rings is 2. The van der Waals surface area contributed by atoms with Crippen LogP contribution in [0.5, 0.6) is 0 Å². The summed E-state index contributed by atoms with van der Waals surface area (Å²) < 4.78 is 1.32. The molecule has 0 spiro atoms. The van der Waals surface area contributed by atoms with Gasteiger partial charge in [-0.25, -0.2) is 10.1 Å². The van der Waals surface area contributed by atoms with Gasteiger partial charge >= 0.3 is 0 Å². The summed E-state index contributed by atoms with van der Waals surface area (Å²) in [5, 5.41) is 9.41. The number of nitrogens with one attached hydrogen (secondary N) is 1. The van der Waals surface area contributed by atoms with Crippen molar-refractivity contribution in [3.63, 3.8) is 0 Å². The summed E-state index contributed by atoms with van der Waals surface area (Å²) in [6.45, 7) is 5.52. The van der Waals surface area contributed by atoms with Crippen LogP contribution in [0.3, 0.4) is 0 Å². The molecule has 0 atom stereocenters. The van der Waals surface area contributed by atoms with Gasteiger partial charge in [0.15, 0.2) is 5.69 Å². The number of aromatic nitrogens is 2. The molecule has 0 radical (unpaired) electrons. The molecule has 3 aromatic rings. The Hall–Kier alpha value is -3.28. The molecule has 0 fully saturated rings. The first-order valence-electron chi connectivity index (χ1n) is 8.40. The normalized spacial score (nSPS) is 11.8. The molecule has 1 amide bonds. The van der Waals surface area contributed by atoms with E-state index in [-0.39, 0.29) is 17.3 Å². The maximum Gasteiger partial charge on any atom is 0.292 e. The Balaban J connectivity index is 2.01. The van der Waals surface area contributed by atoms with E-state index in [4.69, 9.17) is 0 Å². The molecule has 6 heteroatoms. The molecule has 132 valence electrons. The highest BCUT2D eigenvalue weighted by molar-refractivity contribution is 6.06. The number of fused-ring (bicyclic) bond motifs is 1. The Morgan fingerprint density at radius 1 is 1.04 bits per heavy atom. The van der Waals surface area contributed by atoms with Crippen molar-refractivity contribution < 1.29 is 4.79 Å². The molecule has 26 heavy (non-hydrogen) atoms. The van der Waals surface area contributed by atoms with Crippen molar-refractivity contribution in [1.29, 1.82) is 0 Å². The van der Waals surface area contributed by atoms with Gasteiger partial charge in [0, 0.05) is 5.39 Å². The van der Waals surface area contributed by atoms with E-state index in [0.29, 0.717) is 16.5 Å². The van der Waals surface area contributed by atoms with E-state index in [0.717, 1.165) is 5.56 Å². The van der Waals surface area contributed by atoms with Gasteiger partial charge in [-0.05, 0) is 32.4 Å². The zero-order valence-corrected chi connectivity index (χ0v) is 14.9. The van der Waals surface area contributed by atoms with Gasteiger partial charge in [-0.1, -0.05) is 48.5 Å². The number of hydrazone groups is 1. The lowest BCUT2D eigenvalue weighted by atomic mass is 10.1. The Labute approximate surface area is 151 Å². The minimum atomic E-state index is -0.453. The number of nitrogens with zero attached hydrogens (tertiary/aromatic N) is 3. The van der Waals surface area contributed by atoms with Gasteiger partial charge in [-0.15, -0.1) is 0 Å². The molecule has 0 unspecified atom stereocenters. The number of carbonyl (C=O) groups excluding carboxylic acids is 1. The predicted octanol–water partition coefficient (Wildman–Crippen LogP) is 3.13. The van der Waals surface area contributed by atoms with E-state index >= 15 is 0 Å². The van der Waals surface area contributed by atoms with Crippen molar-refractivity contribution in [1.82, 2.24) is 15.2 Å². The summed E-state index contributed by atoms with van der Waals surface area (Å²) in [4.78, 5) is 25.2. The number of carbonyl (C=O) groups is 1. The smallest absolute Gasteiger partial charge is 0.267 e. The van der Waals surface area contributed by atoms with Gasteiger partial charge in [-0.3, -0.25) is 9.59 Å². The topological polar surface area (TPSA) is 76.3 Å². The standard InChI is InChI=1S/C20H20N4O2/c1-13(2)24-20(26)17-12-8-7-11-16(17)18(23-24)19(25)22-21-14(3)15-9-5-4-6-10-15/h4-13H,1-3H3,(H,22,25)/b21-14-. The molecule has 0 aliphatic carbocycles. The van der Waals surface area contributed by atoms with Gasteiger partial charge in [0.2, 0.25) is 0 Å². The molecule has 3 rings (SSSR count). The van der Waals surface area contributed by atoms with Crippen molar-refractivity contribution in [2.24, 2.45) is 5.10 Å². The molecule has 0 aliphatic rings. The summed E-state index contributed by atoms with van der Waals surface area (Å²) in [5.41, 5.74) is 4.11. The van der Waals surface area contributed by atoms with E-state index in [9.17, 15) is 9.59 Å². The van der Waals surface area contributed by atoms with Crippen molar-refractivity contribution in [2.45, 2.75) is 26.8 Å². The lowest BCUT2D eigenvalue weighted by Gasteiger charge is -2.12. The van der Waals surface area contributed by atoms with Crippen LogP contribution in [-0.4, -0.2) is 21.4 Å². The van der Waals surface area contributed by atoms with Crippen molar-refractivity contribution >= 4 is 22.4 Å². The average molecular weight is 348 g/mol. The van der Waals surface area contributed by atoms with E-state index in [1.807, 2.05) is 51.1 Å². The number of hydrogen-bond donors (Lipinski definition) is 1. The van der Waals surface area contributed by atoms with E-state index in [1.54, 1.807) is 24.3 Å². The zero-order chi connectivity index (χ0) is 18.7. The maximum absolute atomic E-state index is 12.7. The first kappa shape index (κ1) is 17.5. The average Bonchev–Trinajstić information content (AvgIpc) is 2.66. The largest absolute Gasteiger partial charge is 0.292 e. The number of amides is 1. The molecule has 6 nitrogen and oxygen atoms in total. The third-order valence-electron chi connectivity index (χ3n) is 4.05. The second-order valence-corrected chi connectivity index (χ2v) is 6.24. The summed E-state index contributed by atoms with van der Waals surface area (Å²) in [6, 6.07) is 16.4. The van der Waals surface area contributed by atoms with Crippen LogP contribution in [0.4, 0.5) is 0 Å². The summed E-state index contributed by atoms with van der Waals surface area (Å²) in [6.07, 6.45) is 0. The second kappa shape index (κ2) is 7.31. The van der Waals surface area contributed by atoms with Crippen molar-refractivity contribution in [3.05, 3.63) is 76.2 Å². The fourth-order valence-electron chi connectivity index (χ4n) is 2.66. The van der Waals surface area contributed by atoms with Gasteiger partial charge < -0.3 is 0 Å². The van der Waals surface area contributed by atoms with E-state index in [1.165, 1.54) is 4.68 Å². The van der Waals surface area contributed by atoms with Crippen LogP contribution in [0.2, 0.25) is 0 Å².